The third-order valence-electron chi connectivity index (χ3n) is 2.20. The summed E-state index contributed by atoms with van der Waals surface area (Å²) < 4.78 is 1.67. The van der Waals surface area contributed by atoms with Crippen molar-refractivity contribution in [2.24, 2.45) is 7.05 Å². The number of hydrogen-bond acceptors (Lipinski definition) is 5. The Kier molecular flexibility index (Phi) is 2.72. The van der Waals surface area contributed by atoms with Gasteiger partial charge in [-0.2, -0.15) is 5.10 Å². The van der Waals surface area contributed by atoms with Crippen molar-refractivity contribution in [2.45, 2.75) is 13.5 Å². The molecule has 0 fully saturated rings. The number of nitrogens with zero attached hydrogens (tertiary/aromatic N) is 4. The molecule has 0 amide bonds. The molecule has 6 heteroatoms. The van der Waals surface area contributed by atoms with Crippen LogP contribution in [0.1, 0.15) is 11.5 Å². The van der Waals surface area contributed by atoms with E-state index in [1.165, 1.54) is 0 Å². The monoisotopic (exact) mass is 218 g/mol. The van der Waals surface area contributed by atoms with Crippen molar-refractivity contribution >= 4 is 11.5 Å². The van der Waals surface area contributed by atoms with Crippen molar-refractivity contribution in [1.29, 1.82) is 0 Å². The van der Waals surface area contributed by atoms with Crippen molar-refractivity contribution in [3.63, 3.8) is 0 Å². The van der Waals surface area contributed by atoms with Crippen molar-refractivity contribution < 1.29 is 0 Å². The summed E-state index contributed by atoms with van der Waals surface area (Å²) >= 11 is 0. The zero-order valence-corrected chi connectivity index (χ0v) is 9.31. The largest absolute Gasteiger partial charge is 0.397 e. The molecular weight excluding hydrogens is 204 g/mol. The second-order valence-electron chi connectivity index (χ2n) is 3.56. The summed E-state index contributed by atoms with van der Waals surface area (Å²) in [6.07, 6.45) is 1.67. The number of nitrogens with two attached hydrogens (primary N) is 1. The van der Waals surface area contributed by atoms with Crippen LogP contribution in [0.3, 0.4) is 0 Å². The van der Waals surface area contributed by atoms with Crippen LogP contribution in [0.25, 0.3) is 0 Å². The first kappa shape index (κ1) is 10.4. The topological polar surface area (TPSA) is 81.7 Å². The van der Waals surface area contributed by atoms with E-state index in [1.807, 2.05) is 26.1 Å². The third kappa shape index (κ3) is 2.28. The molecule has 0 bridgehead atoms. The van der Waals surface area contributed by atoms with Gasteiger partial charge in [0.2, 0.25) is 0 Å². The maximum Gasteiger partial charge on any atom is 0.169 e. The van der Waals surface area contributed by atoms with Gasteiger partial charge in [-0.05, 0) is 19.1 Å². The molecule has 6 nitrogen and oxygen atoms in total. The Morgan fingerprint density at radius 3 is 2.88 bits per heavy atom. The lowest BCUT2D eigenvalue weighted by Crippen LogP contribution is -2.05. The lowest BCUT2D eigenvalue weighted by atomic mass is 10.3. The van der Waals surface area contributed by atoms with Crippen LogP contribution in [0.5, 0.6) is 0 Å². The lowest BCUT2D eigenvalue weighted by Gasteiger charge is -2.05. The maximum absolute atomic E-state index is 5.68. The minimum atomic E-state index is 0.553. The van der Waals surface area contributed by atoms with Gasteiger partial charge in [0.25, 0.3) is 0 Å². The van der Waals surface area contributed by atoms with E-state index in [1.54, 1.807) is 11.0 Å². The smallest absolute Gasteiger partial charge is 0.169 e. The predicted octanol–water partition coefficient (Wildman–Crippen LogP) is 0.713. The molecule has 3 N–H and O–H groups in total. The number of aromatic nitrogens is 4. The minimum Gasteiger partial charge on any atom is -0.397 e. The van der Waals surface area contributed by atoms with Gasteiger partial charge in [-0.3, -0.25) is 4.68 Å². The van der Waals surface area contributed by atoms with Crippen LogP contribution in [0, 0.1) is 6.92 Å². The lowest BCUT2D eigenvalue weighted by molar-refractivity contribution is 0.747. The fraction of sp³-hybridized carbons (Fsp3) is 0.300. The molecule has 2 aromatic heterocycles. The SMILES string of the molecule is Cc1nc(NCc2ncn(C)n2)ccc1N. The quantitative estimate of drug-likeness (QED) is 0.793. The van der Waals surface area contributed by atoms with Crippen LogP contribution in [0.2, 0.25) is 0 Å². The van der Waals surface area contributed by atoms with Crippen molar-refractivity contribution in [3.05, 3.63) is 30.0 Å². The molecule has 2 rings (SSSR count). The molecule has 0 saturated heterocycles. The zero-order chi connectivity index (χ0) is 11.5. The predicted molar refractivity (Wildman–Crippen MR) is 61.7 cm³/mol. The van der Waals surface area contributed by atoms with Crippen molar-refractivity contribution in [1.82, 2.24) is 19.7 Å². The molecule has 0 atom stereocenters. The summed E-state index contributed by atoms with van der Waals surface area (Å²) in [5.74, 6) is 1.51. The van der Waals surface area contributed by atoms with Crippen molar-refractivity contribution in [3.8, 4) is 0 Å². The molecule has 0 aliphatic carbocycles. The highest BCUT2D eigenvalue weighted by atomic mass is 15.3. The second-order valence-corrected chi connectivity index (χ2v) is 3.56. The summed E-state index contributed by atoms with van der Waals surface area (Å²) in [7, 11) is 1.84. The Morgan fingerprint density at radius 2 is 2.25 bits per heavy atom. The van der Waals surface area contributed by atoms with Gasteiger partial charge in [0.15, 0.2) is 5.82 Å². The van der Waals surface area contributed by atoms with Crippen LogP contribution in [0.4, 0.5) is 11.5 Å². The van der Waals surface area contributed by atoms with Gasteiger partial charge in [0.05, 0.1) is 17.9 Å². The first-order chi connectivity index (χ1) is 7.65. The van der Waals surface area contributed by atoms with Gasteiger partial charge in [-0.1, -0.05) is 0 Å². The number of rotatable bonds is 3. The van der Waals surface area contributed by atoms with Crippen LogP contribution in [-0.4, -0.2) is 19.7 Å². The molecule has 0 unspecified atom stereocenters. The molecule has 2 heterocycles. The molecule has 2 aromatic rings. The molecule has 16 heavy (non-hydrogen) atoms. The molecule has 0 radical (unpaired) electrons. The number of nitrogens with one attached hydrogen (secondary N) is 1. The van der Waals surface area contributed by atoms with E-state index in [4.69, 9.17) is 5.73 Å². The van der Waals surface area contributed by atoms with Gasteiger partial charge in [0.1, 0.15) is 12.1 Å². The second kappa shape index (κ2) is 4.18. The third-order valence-corrected chi connectivity index (χ3v) is 2.20. The zero-order valence-electron chi connectivity index (χ0n) is 9.31. The fourth-order valence-electron chi connectivity index (χ4n) is 1.30. The van der Waals surface area contributed by atoms with E-state index in [0.717, 1.165) is 17.3 Å². The molecule has 0 saturated carbocycles. The van der Waals surface area contributed by atoms with Gasteiger partial charge in [-0.25, -0.2) is 9.97 Å². The Hall–Kier alpha value is -2.11. The van der Waals surface area contributed by atoms with E-state index in [2.05, 4.69) is 20.4 Å². The Balaban J connectivity index is 2.02. The number of nitrogen functional groups attached to an aromatic ring is 1. The fourth-order valence-corrected chi connectivity index (χ4v) is 1.30. The van der Waals surface area contributed by atoms with Gasteiger partial charge in [0, 0.05) is 7.05 Å². The standard InChI is InChI=1S/C10H14N6/c1-7-8(11)3-4-9(14-7)12-5-10-13-6-16(2)15-10/h3-4,6H,5,11H2,1-2H3,(H,12,14). The number of aryl methyl sites for hydroxylation is 2. The molecule has 0 spiro atoms. The molecule has 0 aromatic carbocycles. The maximum atomic E-state index is 5.68. The molecule has 0 aliphatic rings. The van der Waals surface area contributed by atoms with Crippen LogP contribution < -0.4 is 11.1 Å². The summed E-state index contributed by atoms with van der Waals surface area (Å²) in [6.45, 7) is 2.43. The van der Waals surface area contributed by atoms with E-state index in [9.17, 15) is 0 Å². The Bertz CT molecular complexity index is 490. The van der Waals surface area contributed by atoms with E-state index < -0.39 is 0 Å². The summed E-state index contributed by atoms with van der Waals surface area (Å²) in [6, 6.07) is 3.67. The first-order valence-electron chi connectivity index (χ1n) is 4.96. The number of hydrogen-bond donors (Lipinski definition) is 2. The summed E-state index contributed by atoms with van der Waals surface area (Å²) in [4.78, 5) is 8.40. The molecular formula is C10H14N6. The van der Waals surface area contributed by atoms with Crippen LogP contribution >= 0.6 is 0 Å². The molecule has 84 valence electrons. The van der Waals surface area contributed by atoms with Crippen LogP contribution in [-0.2, 0) is 13.6 Å². The summed E-state index contributed by atoms with van der Waals surface area (Å²) in [5, 5.41) is 7.29. The Labute approximate surface area is 93.5 Å². The van der Waals surface area contributed by atoms with E-state index >= 15 is 0 Å². The highest BCUT2D eigenvalue weighted by molar-refractivity contribution is 5.48. The van der Waals surface area contributed by atoms with Gasteiger partial charge >= 0.3 is 0 Å². The van der Waals surface area contributed by atoms with Crippen molar-refractivity contribution in [2.75, 3.05) is 11.1 Å². The summed E-state index contributed by atoms with van der Waals surface area (Å²) in [5.41, 5.74) is 7.20. The average molecular weight is 218 g/mol. The number of pyridine rings is 1. The number of anilines is 2. The minimum absolute atomic E-state index is 0.553. The highest BCUT2D eigenvalue weighted by Gasteiger charge is 2.01. The van der Waals surface area contributed by atoms with Crippen LogP contribution in [0.15, 0.2) is 18.5 Å². The van der Waals surface area contributed by atoms with Gasteiger partial charge < -0.3 is 11.1 Å². The first-order valence-corrected chi connectivity index (χ1v) is 4.96. The normalized spacial score (nSPS) is 10.4. The Morgan fingerprint density at radius 1 is 1.44 bits per heavy atom. The highest BCUT2D eigenvalue weighted by Crippen LogP contribution is 2.11. The van der Waals surface area contributed by atoms with E-state index in [-0.39, 0.29) is 0 Å². The van der Waals surface area contributed by atoms with Gasteiger partial charge in [-0.15, -0.1) is 0 Å². The average Bonchev–Trinajstić information content (AvgIpc) is 2.66. The molecule has 0 aliphatic heterocycles. The van der Waals surface area contributed by atoms with E-state index in [0.29, 0.717) is 12.2 Å².